The van der Waals surface area contributed by atoms with Crippen molar-refractivity contribution in [2.45, 2.75) is 51.4 Å². The fourth-order valence-corrected chi connectivity index (χ4v) is 3.92. The third-order valence-corrected chi connectivity index (χ3v) is 5.77. The second kappa shape index (κ2) is 9.27. The number of alkyl halides is 3. The maximum absolute atomic E-state index is 13.1. The highest BCUT2D eigenvalue weighted by Crippen LogP contribution is 2.34. The van der Waals surface area contributed by atoms with Crippen molar-refractivity contribution in [1.29, 1.82) is 0 Å². The first-order valence-corrected chi connectivity index (χ1v) is 11.1. The first-order chi connectivity index (χ1) is 16.0. The average Bonchev–Trinajstić information content (AvgIpc) is 2.79. The van der Waals surface area contributed by atoms with Gasteiger partial charge in [-0.15, -0.1) is 0 Å². The molecule has 2 N–H and O–H groups in total. The topological polar surface area (TPSA) is 87.1 Å². The highest BCUT2D eigenvalue weighted by atomic mass is 19.4. The molecule has 3 aromatic rings. The summed E-state index contributed by atoms with van der Waals surface area (Å²) in [6.45, 7) is 6.73. The molecule has 0 atom stereocenters. The lowest BCUT2D eigenvalue weighted by Crippen LogP contribution is -2.42. The summed E-state index contributed by atoms with van der Waals surface area (Å²) in [5.41, 5.74) is 0.0234. The summed E-state index contributed by atoms with van der Waals surface area (Å²) in [6.07, 6.45) is -1.29. The smallest absolute Gasteiger partial charge is 0.384 e. The van der Waals surface area contributed by atoms with E-state index in [1.807, 2.05) is 17.9 Å². The van der Waals surface area contributed by atoms with Crippen LogP contribution in [0.4, 0.5) is 24.9 Å². The Hall–Kier alpha value is -3.11. The lowest BCUT2D eigenvalue weighted by Gasteiger charge is -2.34. The van der Waals surface area contributed by atoms with E-state index in [1.54, 1.807) is 19.9 Å². The molecule has 0 amide bonds. The Morgan fingerprint density at radius 1 is 1.00 bits per heavy atom. The van der Waals surface area contributed by atoms with E-state index in [-0.39, 0.29) is 6.04 Å². The van der Waals surface area contributed by atoms with Crippen molar-refractivity contribution in [1.82, 2.24) is 25.3 Å². The number of halogens is 3. The number of piperidine rings is 1. The van der Waals surface area contributed by atoms with Gasteiger partial charge in [0.2, 0.25) is 5.95 Å². The Morgan fingerprint density at radius 3 is 2.26 bits per heavy atom. The highest BCUT2D eigenvalue weighted by Gasteiger charge is 2.31. The Balaban J connectivity index is 1.86. The number of anilines is 2. The van der Waals surface area contributed by atoms with Crippen molar-refractivity contribution in [2.75, 3.05) is 18.0 Å². The van der Waals surface area contributed by atoms with E-state index in [9.17, 15) is 18.3 Å². The van der Waals surface area contributed by atoms with E-state index >= 15 is 0 Å². The van der Waals surface area contributed by atoms with Gasteiger partial charge in [0.1, 0.15) is 17.7 Å². The van der Waals surface area contributed by atoms with Crippen LogP contribution in [0.15, 0.2) is 42.7 Å². The number of aryl methyl sites for hydroxylation is 1. The minimum atomic E-state index is -4.43. The Bertz CT molecular complexity index is 1140. The summed E-state index contributed by atoms with van der Waals surface area (Å²) in [4.78, 5) is 20.0. The third-order valence-electron chi connectivity index (χ3n) is 5.77. The number of hydrogen-bond acceptors (Lipinski definition) is 7. The first kappa shape index (κ1) is 24.0. The molecule has 1 fully saturated rings. The van der Waals surface area contributed by atoms with E-state index in [0.717, 1.165) is 43.8 Å². The maximum Gasteiger partial charge on any atom is 0.416 e. The van der Waals surface area contributed by atoms with E-state index in [2.05, 4.69) is 20.3 Å². The minimum Gasteiger partial charge on any atom is -0.384 e. The van der Waals surface area contributed by atoms with Gasteiger partial charge in [-0.1, -0.05) is 12.1 Å². The number of benzene rings is 1. The van der Waals surface area contributed by atoms with Crippen LogP contribution < -0.4 is 10.2 Å². The summed E-state index contributed by atoms with van der Waals surface area (Å²) in [5, 5.41) is 14.1. The second-order valence-electron chi connectivity index (χ2n) is 8.94. The van der Waals surface area contributed by atoms with Gasteiger partial charge in [0, 0.05) is 23.4 Å². The van der Waals surface area contributed by atoms with Crippen LogP contribution in [0.25, 0.3) is 11.3 Å². The van der Waals surface area contributed by atoms with Crippen molar-refractivity contribution in [2.24, 2.45) is 0 Å². The third kappa shape index (κ3) is 5.34. The first-order valence-electron chi connectivity index (χ1n) is 11.1. The maximum atomic E-state index is 13.1. The normalized spacial score (nSPS) is 15.4. The van der Waals surface area contributed by atoms with Gasteiger partial charge in [-0.2, -0.15) is 13.2 Å². The zero-order valence-electron chi connectivity index (χ0n) is 19.3. The molecule has 7 nitrogen and oxygen atoms in total. The number of nitrogens with zero attached hydrogens (tertiary/aromatic N) is 5. The van der Waals surface area contributed by atoms with E-state index in [1.165, 1.54) is 18.5 Å². The molecule has 0 aliphatic carbocycles. The van der Waals surface area contributed by atoms with Crippen LogP contribution in [0, 0.1) is 6.92 Å². The Labute approximate surface area is 196 Å². The van der Waals surface area contributed by atoms with E-state index < -0.39 is 17.3 Å². The molecule has 1 saturated heterocycles. The summed E-state index contributed by atoms with van der Waals surface area (Å²) in [7, 11) is 0. The lowest BCUT2D eigenvalue weighted by atomic mass is 10.0. The Morgan fingerprint density at radius 2 is 1.68 bits per heavy atom. The van der Waals surface area contributed by atoms with E-state index in [0.29, 0.717) is 28.7 Å². The SMILES string of the molecule is Cc1cc(N(c2nc(-c3ccc(C(F)(F)F)cc3)cc(C(C)(C)O)n2)C2CCNCC2)ncn1. The molecule has 0 saturated carbocycles. The Kier molecular flexibility index (Phi) is 6.55. The van der Waals surface area contributed by atoms with Crippen LogP contribution in [0.2, 0.25) is 0 Å². The quantitative estimate of drug-likeness (QED) is 0.570. The van der Waals surface area contributed by atoms with Crippen LogP contribution >= 0.6 is 0 Å². The standard InChI is InChI=1S/C24H27F3N6O/c1-15-12-21(30-14-29-15)33(18-8-10-28-11-9-18)22-31-19(13-20(32-22)23(2,3)34)16-4-6-17(7-5-16)24(25,26)27/h4-7,12-14,18,28,34H,8-11H2,1-3H3. The van der Waals surface area contributed by atoms with Crippen molar-refractivity contribution >= 4 is 11.8 Å². The largest absolute Gasteiger partial charge is 0.416 e. The molecule has 1 aliphatic rings. The molecule has 34 heavy (non-hydrogen) atoms. The predicted octanol–water partition coefficient (Wildman–Crippen LogP) is 4.38. The van der Waals surface area contributed by atoms with Gasteiger partial charge < -0.3 is 10.4 Å². The molecule has 0 unspecified atom stereocenters. The number of aromatic nitrogens is 4. The fraction of sp³-hybridized carbons (Fsp3) is 0.417. The van der Waals surface area contributed by atoms with Crippen molar-refractivity contribution in [3.05, 3.63) is 59.7 Å². The summed E-state index contributed by atoms with van der Waals surface area (Å²) < 4.78 is 39.2. The monoisotopic (exact) mass is 472 g/mol. The zero-order chi connectivity index (χ0) is 24.5. The molecular weight excluding hydrogens is 445 g/mol. The van der Waals surface area contributed by atoms with Crippen LogP contribution in [0.5, 0.6) is 0 Å². The van der Waals surface area contributed by atoms with Gasteiger partial charge >= 0.3 is 6.18 Å². The molecule has 1 aliphatic heterocycles. The molecule has 0 radical (unpaired) electrons. The summed E-state index contributed by atoms with van der Waals surface area (Å²) in [5.74, 6) is 0.963. The van der Waals surface area contributed by atoms with Gasteiger partial charge in [-0.25, -0.2) is 19.9 Å². The number of rotatable bonds is 5. The number of nitrogens with one attached hydrogen (secondary N) is 1. The van der Waals surface area contributed by atoms with Crippen LogP contribution in [0.3, 0.4) is 0 Å². The summed E-state index contributed by atoms with van der Waals surface area (Å²) >= 11 is 0. The molecule has 1 aromatic carbocycles. The number of aliphatic hydroxyl groups is 1. The van der Waals surface area contributed by atoms with Crippen LogP contribution in [-0.2, 0) is 11.8 Å². The molecule has 0 bridgehead atoms. The van der Waals surface area contributed by atoms with Crippen molar-refractivity contribution in [3.8, 4) is 11.3 Å². The molecule has 180 valence electrons. The van der Waals surface area contributed by atoms with E-state index in [4.69, 9.17) is 4.98 Å². The second-order valence-corrected chi connectivity index (χ2v) is 8.94. The van der Waals surface area contributed by atoms with Gasteiger partial charge in [-0.3, -0.25) is 4.90 Å². The van der Waals surface area contributed by atoms with Gasteiger partial charge in [0.15, 0.2) is 0 Å². The molecular formula is C24H27F3N6O. The summed E-state index contributed by atoms with van der Waals surface area (Å²) in [6, 6.07) is 8.32. The van der Waals surface area contributed by atoms with Crippen LogP contribution in [-0.4, -0.2) is 44.2 Å². The molecule has 3 heterocycles. The van der Waals surface area contributed by atoms with Crippen LogP contribution in [0.1, 0.15) is 43.6 Å². The molecule has 2 aromatic heterocycles. The fourth-order valence-electron chi connectivity index (χ4n) is 3.92. The van der Waals surface area contributed by atoms with Gasteiger partial charge in [0.25, 0.3) is 0 Å². The highest BCUT2D eigenvalue weighted by molar-refractivity contribution is 5.64. The molecule has 0 spiro atoms. The molecule has 4 rings (SSSR count). The minimum absolute atomic E-state index is 0.0491. The average molecular weight is 473 g/mol. The number of hydrogen-bond donors (Lipinski definition) is 2. The molecule has 10 heteroatoms. The van der Waals surface area contributed by atoms with Gasteiger partial charge in [-0.05, 0) is 64.9 Å². The van der Waals surface area contributed by atoms with Crippen molar-refractivity contribution in [3.63, 3.8) is 0 Å². The predicted molar refractivity (Wildman–Crippen MR) is 123 cm³/mol. The lowest BCUT2D eigenvalue weighted by molar-refractivity contribution is -0.137. The van der Waals surface area contributed by atoms with Crippen molar-refractivity contribution < 1.29 is 18.3 Å². The van der Waals surface area contributed by atoms with Gasteiger partial charge in [0.05, 0.1) is 17.0 Å². The zero-order valence-corrected chi connectivity index (χ0v) is 19.3.